The number of nitrogen functional groups attached to an aromatic ring is 1. The first-order valence-corrected chi connectivity index (χ1v) is 8.70. The normalized spacial score (nSPS) is 11.0. The zero-order valence-electron chi connectivity index (χ0n) is 15.3. The van der Waals surface area contributed by atoms with Gasteiger partial charge in [0.05, 0.1) is 30.2 Å². The van der Waals surface area contributed by atoms with Gasteiger partial charge in [-0.2, -0.15) is 0 Å². The Morgan fingerprint density at radius 2 is 1.93 bits per heavy atom. The number of anilines is 1. The number of rotatable bonds is 6. The Morgan fingerprint density at radius 1 is 1.11 bits per heavy atom. The lowest BCUT2D eigenvalue weighted by Gasteiger charge is -2.06. The zero-order chi connectivity index (χ0) is 19.5. The van der Waals surface area contributed by atoms with E-state index in [2.05, 4.69) is 15.0 Å². The topological polar surface area (TPSA) is 108 Å². The molecule has 0 atom stereocenters. The van der Waals surface area contributed by atoms with Crippen molar-refractivity contribution in [2.24, 2.45) is 0 Å². The van der Waals surface area contributed by atoms with E-state index in [1.54, 1.807) is 19.4 Å². The van der Waals surface area contributed by atoms with Gasteiger partial charge in [-0.15, -0.1) is 0 Å². The van der Waals surface area contributed by atoms with E-state index < -0.39 is 0 Å². The van der Waals surface area contributed by atoms with Crippen molar-refractivity contribution in [3.63, 3.8) is 0 Å². The molecule has 0 aliphatic rings. The number of ether oxygens (including phenoxy) is 2. The molecule has 3 N–H and O–H groups in total. The van der Waals surface area contributed by atoms with Gasteiger partial charge in [0.2, 0.25) is 0 Å². The van der Waals surface area contributed by atoms with Crippen LogP contribution in [0.4, 0.5) is 5.82 Å². The Morgan fingerprint density at radius 3 is 2.64 bits per heavy atom. The molecule has 0 fully saturated rings. The molecule has 3 aromatic heterocycles. The Labute approximate surface area is 160 Å². The minimum absolute atomic E-state index is 0.206. The average molecular weight is 377 g/mol. The van der Waals surface area contributed by atoms with Crippen LogP contribution in [0.3, 0.4) is 0 Å². The number of aromatic amines is 1. The Kier molecular flexibility index (Phi) is 4.77. The summed E-state index contributed by atoms with van der Waals surface area (Å²) in [5, 5.41) is 0.507. The summed E-state index contributed by atoms with van der Waals surface area (Å²) in [5.41, 5.74) is 8.44. The van der Waals surface area contributed by atoms with E-state index in [1.165, 1.54) is 6.33 Å². The van der Waals surface area contributed by atoms with E-state index in [0.717, 1.165) is 22.6 Å². The minimum atomic E-state index is -0.206. The molecule has 8 nitrogen and oxygen atoms in total. The van der Waals surface area contributed by atoms with Crippen LogP contribution in [-0.4, -0.2) is 39.8 Å². The van der Waals surface area contributed by atoms with Gasteiger partial charge in [0.1, 0.15) is 18.2 Å². The summed E-state index contributed by atoms with van der Waals surface area (Å²) in [7, 11) is 1.63. The lowest BCUT2D eigenvalue weighted by molar-refractivity contribution is 0.146. The molecule has 8 heteroatoms. The number of pyridine rings is 1. The van der Waals surface area contributed by atoms with Crippen LogP contribution in [-0.2, 0) is 4.74 Å². The molecule has 142 valence electrons. The standard InChI is InChI=1S/C20H19N5O3/c1-27-8-9-28-15-5-2-13(3-6-15)16-11-25(14-4-7-17(21)22-10-14)19-18(16)20(26)24-12-23-19/h2-7,10-12H,8-9H2,1H3,(H2,21,22)(H,23,24,26). The summed E-state index contributed by atoms with van der Waals surface area (Å²) in [4.78, 5) is 23.7. The molecule has 0 bridgehead atoms. The fraction of sp³-hybridized carbons (Fsp3) is 0.150. The summed E-state index contributed by atoms with van der Waals surface area (Å²) >= 11 is 0. The van der Waals surface area contributed by atoms with Crippen LogP contribution in [0.15, 0.2) is 59.9 Å². The first-order valence-electron chi connectivity index (χ1n) is 8.70. The Hall–Kier alpha value is -3.65. The molecule has 0 spiro atoms. The molecule has 0 aliphatic heterocycles. The van der Waals surface area contributed by atoms with Crippen LogP contribution in [0.2, 0.25) is 0 Å². The molecular weight excluding hydrogens is 358 g/mol. The second-order valence-corrected chi connectivity index (χ2v) is 6.15. The highest BCUT2D eigenvalue weighted by atomic mass is 16.5. The first kappa shape index (κ1) is 17.7. The minimum Gasteiger partial charge on any atom is -0.491 e. The van der Waals surface area contributed by atoms with Gasteiger partial charge in [0.15, 0.2) is 5.65 Å². The summed E-state index contributed by atoms with van der Waals surface area (Å²) in [6.07, 6.45) is 4.91. The maximum Gasteiger partial charge on any atom is 0.260 e. The van der Waals surface area contributed by atoms with Crippen molar-refractivity contribution in [1.29, 1.82) is 0 Å². The predicted molar refractivity (Wildman–Crippen MR) is 107 cm³/mol. The third-order valence-electron chi connectivity index (χ3n) is 4.36. The number of aromatic nitrogens is 4. The van der Waals surface area contributed by atoms with E-state index in [9.17, 15) is 4.79 Å². The van der Waals surface area contributed by atoms with E-state index in [4.69, 9.17) is 15.2 Å². The quantitative estimate of drug-likeness (QED) is 0.500. The molecule has 0 aliphatic carbocycles. The molecule has 0 unspecified atom stereocenters. The predicted octanol–water partition coefficient (Wildman–Crippen LogP) is 2.38. The SMILES string of the molecule is COCCOc1ccc(-c2cn(-c3ccc(N)nc3)c3nc[nH]c(=O)c23)cc1. The van der Waals surface area contributed by atoms with Gasteiger partial charge < -0.3 is 20.2 Å². The summed E-state index contributed by atoms with van der Waals surface area (Å²) in [6.45, 7) is 0.995. The van der Waals surface area contributed by atoms with Crippen LogP contribution in [0.5, 0.6) is 5.75 Å². The van der Waals surface area contributed by atoms with Gasteiger partial charge in [-0.1, -0.05) is 12.1 Å². The Balaban J connectivity index is 1.79. The average Bonchev–Trinajstić information content (AvgIpc) is 3.10. The zero-order valence-corrected chi connectivity index (χ0v) is 15.3. The van der Waals surface area contributed by atoms with Crippen LogP contribution < -0.4 is 16.0 Å². The van der Waals surface area contributed by atoms with Crippen LogP contribution in [0, 0.1) is 0 Å². The van der Waals surface area contributed by atoms with E-state index in [0.29, 0.717) is 30.1 Å². The Bertz CT molecular complexity index is 1150. The van der Waals surface area contributed by atoms with Crippen molar-refractivity contribution in [2.75, 3.05) is 26.1 Å². The third kappa shape index (κ3) is 3.33. The number of H-pyrrole nitrogens is 1. The monoisotopic (exact) mass is 377 g/mol. The number of methoxy groups -OCH3 is 1. The first-order chi connectivity index (χ1) is 13.7. The van der Waals surface area contributed by atoms with E-state index in [-0.39, 0.29) is 5.56 Å². The van der Waals surface area contributed by atoms with Crippen molar-refractivity contribution in [3.05, 3.63) is 65.5 Å². The highest BCUT2D eigenvalue weighted by molar-refractivity contribution is 5.94. The maximum atomic E-state index is 12.5. The highest BCUT2D eigenvalue weighted by Crippen LogP contribution is 2.30. The van der Waals surface area contributed by atoms with E-state index >= 15 is 0 Å². The molecule has 4 rings (SSSR count). The van der Waals surface area contributed by atoms with Crippen molar-refractivity contribution < 1.29 is 9.47 Å². The van der Waals surface area contributed by atoms with E-state index in [1.807, 2.05) is 41.1 Å². The van der Waals surface area contributed by atoms with Gasteiger partial charge in [-0.25, -0.2) is 9.97 Å². The number of nitrogens with one attached hydrogen (secondary N) is 1. The van der Waals surface area contributed by atoms with Crippen LogP contribution >= 0.6 is 0 Å². The van der Waals surface area contributed by atoms with Crippen molar-refractivity contribution in [1.82, 2.24) is 19.5 Å². The van der Waals surface area contributed by atoms with Crippen molar-refractivity contribution in [3.8, 4) is 22.6 Å². The largest absolute Gasteiger partial charge is 0.491 e. The lowest BCUT2D eigenvalue weighted by atomic mass is 10.1. The number of hydrogen-bond donors (Lipinski definition) is 2. The molecule has 4 aromatic rings. The molecule has 0 saturated carbocycles. The maximum absolute atomic E-state index is 12.5. The summed E-state index contributed by atoms with van der Waals surface area (Å²) < 4.78 is 12.4. The number of nitrogens with zero attached hydrogens (tertiary/aromatic N) is 3. The molecule has 3 heterocycles. The smallest absolute Gasteiger partial charge is 0.260 e. The molecule has 28 heavy (non-hydrogen) atoms. The molecule has 0 radical (unpaired) electrons. The second kappa shape index (κ2) is 7.53. The van der Waals surface area contributed by atoms with Gasteiger partial charge >= 0.3 is 0 Å². The summed E-state index contributed by atoms with van der Waals surface area (Å²) in [5.74, 6) is 1.16. The third-order valence-corrected chi connectivity index (χ3v) is 4.36. The van der Waals surface area contributed by atoms with Gasteiger partial charge in [0, 0.05) is 18.9 Å². The summed E-state index contributed by atoms with van der Waals surface area (Å²) in [6, 6.07) is 11.1. The van der Waals surface area contributed by atoms with Gasteiger partial charge in [-0.05, 0) is 29.8 Å². The number of benzene rings is 1. The van der Waals surface area contributed by atoms with Crippen molar-refractivity contribution in [2.45, 2.75) is 0 Å². The number of nitrogens with two attached hydrogens (primary N) is 1. The van der Waals surface area contributed by atoms with Crippen molar-refractivity contribution >= 4 is 16.9 Å². The van der Waals surface area contributed by atoms with Crippen LogP contribution in [0.1, 0.15) is 0 Å². The number of fused-ring (bicyclic) bond motifs is 1. The van der Waals surface area contributed by atoms with Gasteiger partial charge in [0.25, 0.3) is 5.56 Å². The van der Waals surface area contributed by atoms with Gasteiger partial charge in [-0.3, -0.25) is 9.36 Å². The molecule has 0 amide bonds. The molecular formula is C20H19N5O3. The molecule has 0 saturated heterocycles. The lowest BCUT2D eigenvalue weighted by Crippen LogP contribution is -2.07. The fourth-order valence-electron chi connectivity index (χ4n) is 3.00. The van der Waals surface area contributed by atoms with Crippen LogP contribution in [0.25, 0.3) is 27.8 Å². The molecule has 1 aromatic carbocycles. The fourth-order valence-corrected chi connectivity index (χ4v) is 3.00. The highest BCUT2D eigenvalue weighted by Gasteiger charge is 2.16. The second-order valence-electron chi connectivity index (χ2n) is 6.15. The number of hydrogen-bond acceptors (Lipinski definition) is 6.